The molecule has 0 radical (unpaired) electrons. The molecule has 0 spiro atoms. The fourth-order valence-corrected chi connectivity index (χ4v) is 3.76. The molecule has 31 heavy (non-hydrogen) atoms. The second-order valence-corrected chi connectivity index (χ2v) is 7.92. The third-order valence-corrected chi connectivity index (χ3v) is 5.55. The first-order valence-electron chi connectivity index (χ1n) is 10.9. The van der Waals surface area contributed by atoms with Crippen molar-refractivity contribution in [2.75, 3.05) is 20.3 Å². The smallest absolute Gasteiger partial charge is 0.191 e. The summed E-state index contributed by atoms with van der Waals surface area (Å²) in [4.78, 5) is 4.36. The van der Waals surface area contributed by atoms with E-state index in [2.05, 4.69) is 58.9 Å². The van der Waals surface area contributed by atoms with Crippen molar-refractivity contribution in [1.29, 1.82) is 0 Å². The van der Waals surface area contributed by atoms with Crippen molar-refractivity contribution >= 4 is 16.9 Å². The highest BCUT2D eigenvalue weighted by atomic mass is 16.5. The molecule has 0 saturated carbocycles. The normalized spacial score (nSPS) is 16.4. The summed E-state index contributed by atoms with van der Waals surface area (Å²) in [6, 6.07) is 18.6. The van der Waals surface area contributed by atoms with Crippen LogP contribution >= 0.6 is 0 Å². The van der Waals surface area contributed by atoms with E-state index in [9.17, 15) is 0 Å². The van der Waals surface area contributed by atoms with Crippen LogP contribution < -0.4 is 10.6 Å². The van der Waals surface area contributed by atoms with Crippen LogP contribution in [0.25, 0.3) is 11.0 Å². The molecule has 2 N–H and O–H groups in total. The van der Waals surface area contributed by atoms with Crippen LogP contribution in [0.4, 0.5) is 0 Å². The third kappa shape index (κ3) is 5.87. The van der Waals surface area contributed by atoms with Crippen LogP contribution in [-0.4, -0.2) is 32.3 Å². The molecule has 4 rings (SSSR count). The number of guanidine groups is 1. The zero-order chi connectivity index (χ0) is 21.5. The maximum atomic E-state index is 6.05. The number of nitrogens with zero attached hydrogens (tertiary/aromatic N) is 1. The fourth-order valence-electron chi connectivity index (χ4n) is 3.76. The topological polar surface area (TPSA) is 68.0 Å². The first-order chi connectivity index (χ1) is 15.2. The van der Waals surface area contributed by atoms with Gasteiger partial charge in [-0.25, -0.2) is 0 Å². The van der Waals surface area contributed by atoms with Gasteiger partial charge in [-0.05, 0) is 43.0 Å². The molecule has 1 aliphatic heterocycles. The lowest BCUT2D eigenvalue weighted by Crippen LogP contribution is -2.38. The van der Waals surface area contributed by atoms with Gasteiger partial charge in [0.1, 0.15) is 11.3 Å². The van der Waals surface area contributed by atoms with Crippen molar-refractivity contribution in [2.24, 2.45) is 4.99 Å². The molecule has 0 amide bonds. The first kappa shape index (κ1) is 21.4. The Labute approximate surface area is 183 Å². The van der Waals surface area contributed by atoms with Gasteiger partial charge < -0.3 is 24.5 Å². The van der Waals surface area contributed by atoms with Gasteiger partial charge in [0.05, 0.1) is 18.8 Å². The van der Waals surface area contributed by atoms with Crippen molar-refractivity contribution < 1.29 is 13.9 Å². The summed E-state index contributed by atoms with van der Waals surface area (Å²) in [7, 11) is 1.78. The Balaban J connectivity index is 1.29. The van der Waals surface area contributed by atoms with E-state index < -0.39 is 0 Å². The molecule has 0 aliphatic carbocycles. The maximum Gasteiger partial charge on any atom is 0.191 e. The van der Waals surface area contributed by atoms with Crippen LogP contribution in [0.2, 0.25) is 0 Å². The fraction of sp³-hybridized carbons (Fsp3) is 0.400. The average Bonchev–Trinajstić information content (AvgIpc) is 3.26. The Morgan fingerprint density at radius 3 is 2.71 bits per heavy atom. The van der Waals surface area contributed by atoms with Crippen molar-refractivity contribution in [3.8, 4) is 0 Å². The highest BCUT2D eigenvalue weighted by molar-refractivity contribution is 5.81. The van der Waals surface area contributed by atoms with Crippen molar-refractivity contribution in [2.45, 2.75) is 45.1 Å². The quantitative estimate of drug-likeness (QED) is 0.433. The standard InChI is InChI=1S/C25H31N3O3/c1-18(24-15-21-8-3-4-9-23(21)31-24)28-25(26-2)27-16-19-6-5-7-20(14-19)17-30-22-10-12-29-13-11-22/h3-9,14-15,18,22H,10-13,16-17H2,1-2H3,(H2,26,27,28). The molecule has 1 atom stereocenters. The van der Waals surface area contributed by atoms with Gasteiger partial charge >= 0.3 is 0 Å². The minimum Gasteiger partial charge on any atom is -0.459 e. The maximum absolute atomic E-state index is 6.05. The number of hydrogen-bond acceptors (Lipinski definition) is 4. The SMILES string of the molecule is CN=C(NCc1cccc(COC2CCOCC2)c1)NC(C)c1cc2ccccc2o1. The minimum absolute atomic E-state index is 0.00203. The summed E-state index contributed by atoms with van der Waals surface area (Å²) in [6.07, 6.45) is 2.26. The van der Waals surface area contributed by atoms with Gasteiger partial charge in [-0.15, -0.1) is 0 Å². The van der Waals surface area contributed by atoms with Gasteiger partial charge in [-0.1, -0.05) is 42.5 Å². The van der Waals surface area contributed by atoms with Crippen LogP contribution in [0.5, 0.6) is 0 Å². The predicted molar refractivity (Wildman–Crippen MR) is 123 cm³/mol. The van der Waals surface area contributed by atoms with Gasteiger partial charge in [0.25, 0.3) is 0 Å². The molecule has 2 aromatic carbocycles. The number of nitrogens with one attached hydrogen (secondary N) is 2. The summed E-state index contributed by atoms with van der Waals surface area (Å²) in [5.41, 5.74) is 3.27. The van der Waals surface area contributed by atoms with E-state index in [4.69, 9.17) is 13.9 Å². The van der Waals surface area contributed by atoms with Crippen LogP contribution in [0.15, 0.2) is 64.0 Å². The summed E-state index contributed by atoms with van der Waals surface area (Å²) in [6.45, 7) is 4.98. The lowest BCUT2D eigenvalue weighted by Gasteiger charge is -2.22. The molecular formula is C25H31N3O3. The van der Waals surface area contributed by atoms with Gasteiger partial charge in [0, 0.05) is 32.2 Å². The van der Waals surface area contributed by atoms with E-state index in [-0.39, 0.29) is 6.04 Å². The molecule has 1 fully saturated rings. The number of benzene rings is 2. The molecule has 1 aliphatic rings. The zero-order valence-corrected chi connectivity index (χ0v) is 18.3. The molecular weight excluding hydrogens is 390 g/mol. The predicted octanol–water partition coefficient (Wildman–Crippen LogP) is 4.55. The molecule has 0 bridgehead atoms. The molecule has 6 nitrogen and oxygen atoms in total. The van der Waals surface area contributed by atoms with Gasteiger partial charge in [0.15, 0.2) is 5.96 Å². The minimum atomic E-state index is -0.00203. The molecule has 164 valence electrons. The van der Waals surface area contributed by atoms with Gasteiger partial charge in [-0.2, -0.15) is 0 Å². The van der Waals surface area contributed by atoms with Crippen molar-refractivity contribution in [3.05, 3.63) is 71.5 Å². The summed E-state index contributed by atoms with van der Waals surface area (Å²) < 4.78 is 17.4. The number of ether oxygens (including phenoxy) is 2. The van der Waals surface area contributed by atoms with Gasteiger partial charge in [-0.3, -0.25) is 4.99 Å². The Morgan fingerprint density at radius 1 is 1.10 bits per heavy atom. The molecule has 3 aromatic rings. The lowest BCUT2D eigenvalue weighted by atomic mass is 10.1. The molecule has 6 heteroatoms. The Morgan fingerprint density at radius 2 is 1.90 bits per heavy atom. The Hall–Kier alpha value is -2.83. The number of fused-ring (bicyclic) bond motifs is 1. The van der Waals surface area contributed by atoms with Crippen LogP contribution in [0.1, 0.15) is 42.7 Å². The summed E-state index contributed by atoms with van der Waals surface area (Å²) in [5, 5.41) is 7.90. The highest BCUT2D eigenvalue weighted by Crippen LogP contribution is 2.23. The highest BCUT2D eigenvalue weighted by Gasteiger charge is 2.15. The number of hydrogen-bond donors (Lipinski definition) is 2. The van der Waals surface area contributed by atoms with Crippen molar-refractivity contribution in [1.82, 2.24) is 10.6 Å². The van der Waals surface area contributed by atoms with Crippen LogP contribution in [0, 0.1) is 0 Å². The molecule has 1 unspecified atom stereocenters. The van der Waals surface area contributed by atoms with E-state index >= 15 is 0 Å². The second kappa shape index (κ2) is 10.5. The van der Waals surface area contributed by atoms with E-state index in [1.807, 2.05) is 18.2 Å². The average molecular weight is 422 g/mol. The number of para-hydroxylation sites is 1. The third-order valence-electron chi connectivity index (χ3n) is 5.55. The largest absolute Gasteiger partial charge is 0.459 e. The van der Waals surface area contributed by atoms with Crippen LogP contribution in [-0.2, 0) is 22.6 Å². The van der Waals surface area contributed by atoms with E-state index in [1.54, 1.807) is 7.05 Å². The van der Waals surface area contributed by atoms with Gasteiger partial charge in [0.2, 0.25) is 0 Å². The lowest BCUT2D eigenvalue weighted by molar-refractivity contribution is -0.0390. The number of furan rings is 1. The summed E-state index contributed by atoms with van der Waals surface area (Å²) >= 11 is 0. The zero-order valence-electron chi connectivity index (χ0n) is 18.3. The Bertz CT molecular complexity index is 975. The van der Waals surface area contributed by atoms with E-state index in [0.29, 0.717) is 19.3 Å². The summed E-state index contributed by atoms with van der Waals surface area (Å²) in [5.74, 6) is 1.62. The Kier molecular flexibility index (Phi) is 7.22. The monoisotopic (exact) mass is 421 g/mol. The molecule has 1 saturated heterocycles. The van der Waals surface area contributed by atoms with E-state index in [1.165, 1.54) is 11.1 Å². The van der Waals surface area contributed by atoms with Crippen LogP contribution in [0.3, 0.4) is 0 Å². The first-order valence-corrected chi connectivity index (χ1v) is 10.9. The molecule has 2 heterocycles. The number of rotatable bonds is 7. The number of aliphatic imine (C=N–C) groups is 1. The molecule has 1 aromatic heterocycles. The second-order valence-electron chi connectivity index (χ2n) is 7.92. The van der Waals surface area contributed by atoms with Crippen molar-refractivity contribution in [3.63, 3.8) is 0 Å². The van der Waals surface area contributed by atoms with E-state index in [0.717, 1.165) is 48.7 Å².